The summed E-state index contributed by atoms with van der Waals surface area (Å²) in [6.07, 6.45) is 6.19. The molecular weight excluding hydrogens is 366 g/mol. The van der Waals surface area contributed by atoms with Gasteiger partial charge in [0.25, 0.3) is 0 Å². The summed E-state index contributed by atoms with van der Waals surface area (Å²) in [5.41, 5.74) is 1.85. The van der Waals surface area contributed by atoms with Crippen molar-refractivity contribution >= 4 is 11.8 Å². The molecule has 0 bridgehead atoms. The number of rotatable bonds is 4. The number of likely N-dealkylation sites (tertiary alicyclic amines) is 1. The van der Waals surface area contributed by atoms with E-state index >= 15 is 0 Å². The smallest absolute Gasteiger partial charge is 0.240 e. The Morgan fingerprint density at radius 2 is 2.07 bits per heavy atom. The van der Waals surface area contributed by atoms with Gasteiger partial charge in [-0.05, 0) is 44.2 Å². The van der Waals surface area contributed by atoms with Crippen LogP contribution in [0.15, 0.2) is 24.4 Å². The molecule has 0 unspecified atom stereocenters. The van der Waals surface area contributed by atoms with E-state index < -0.39 is 11.6 Å². The summed E-state index contributed by atoms with van der Waals surface area (Å²) in [6.45, 7) is 0.676. The van der Waals surface area contributed by atoms with E-state index in [-0.39, 0.29) is 30.1 Å². The third-order valence-electron chi connectivity index (χ3n) is 5.41. The van der Waals surface area contributed by atoms with E-state index in [1.807, 2.05) is 0 Å². The van der Waals surface area contributed by atoms with E-state index in [1.54, 1.807) is 11.1 Å². The van der Waals surface area contributed by atoms with Crippen molar-refractivity contribution in [3.8, 4) is 5.69 Å². The van der Waals surface area contributed by atoms with Gasteiger partial charge in [0, 0.05) is 30.3 Å². The molecule has 1 aliphatic heterocycles. The van der Waals surface area contributed by atoms with Crippen molar-refractivity contribution in [1.29, 1.82) is 0 Å². The highest BCUT2D eigenvalue weighted by molar-refractivity contribution is 5.85. The number of carbonyl (C=O) groups is 2. The molecule has 8 heteroatoms. The van der Waals surface area contributed by atoms with Crippen LogP contribution in [0.3, 0.4) is 0 Å². The third kappa shape index (κ3) is 3.63. The van der Waals surface area contributed by atoms with Crippen molar-refractivity contribution in [2.45, 2.75) is 44.6 Å². The number of hydrogen-bond acceptors (Lipinski definition) is 3. The quantitative estimate of drug-likeness (QED) is 0.876. The van der Waals surface area contributed by atoms with Crippen LogP contribution in [0.1, 0.15) is 49.4 Å². The Bertz CT molecular complexity index is 912. The zero-order chi connectivity index (χ0) is 19.7. The minimum atomic E-state index is -0.680. The van der Waals surface area contributed by atoms with Crippen LogP contribution in [0, 0.1) is 11.6 Å². The van der Waals surface area contributed by atoms with Crippen molar-refractivity contribution in [2.24, 2.45) is 0 Å². The standard InChI is InChI=1S/C20H22F2N4O2/c21-13-7-8-18(15(22)10-13)26-17-5-3-4-16(14(17)11-23-26)24-19(27)12-25-9-2-1-6-20(25)28/h7-8,10-11,16H,1-6,9,12H2,(H,24,27)/t16-/m1/s1. The summed E-state index contributed by atoms with van der Waals surface area (Å²) in [5.74, 6) is -1.50. The summed E-state index contributed by atoms with van der Waals surface area (Å²) in [5, 5.41) is 7.27. The number of amides is 2. The highest BCUT2D eigenvalue weighted by Crippen LogP contribution is 2.31. The molecule has 0 radical (unpaired) electrons. The molecular formula is C20H22F2N4O2. The van der Waals surface area contributed by atoms with Crippen LogP contribution in [0.25, 0.3) is 5.69 Å². The number of aromatic nitrogens is 2. The van der Waals surface area contributed by atoms with Gasteiger partial charge < -0.3 is 10.2 Å². The molecule has 1 fully saturated rings. The number of benzene rings is 1. The maximum Gasteiger partial charge on any atom is 0.240 e. The van der Waals surface area contributed by atoms with Gasteiger partial charge in [-0.15, -0.1) is 0 Å². The van der Waals surface area contributed by atoms with E-state index in [0.29, 0.717) is 19.4 Å². The molecule has 2 heterocycles. The van der Waals surface area contributed by atoms with Gasteiger partial charge in [-0.25, -0.2) is 13.5 Å². The number of halogens is 2. The molecule has 0 spiro atoms. The summed E-state index contributed by atoms with van der Waals surface area (Å²) < 4.78 is 28.9. The van der Waals surface area contributed by atoms with Crippen molar-refractivity contribution < 1.29 is 18.4 Å². The van der Waals surface area contributed by atoms with Crippen molar-refractivity contribution in [3.05, 3.63) is 47.3 Å². The average Bonchev–Trinajstić information content (AvgIpc) is 3.09. The molecule has 1 aromatic carbocycles. The van der Waals surface area contributed by atoms with Crippen molar-refractivity contribution in [1.82, 2.24) is 20.0 Å². The zero-order valence-corrected chi connectivity index (χ0v) is 15.5. The average molecular weight is 388 g/mol. The van der Waals surface area contributed by atoms with Crippen LogP contribution in [-0.2, 0) is 16.0 Å². The molecule has 1 saturated heterocycles. The molecule has 1 aliphatic carbocycles. The first-order valence-corrected chi connectivity index (χ1v) is 9.62. The fourth-order valence-electron chi connectivity index (χ4n) is 4.01. The van der Waals surface area contributed by atoms with Crippen LogP contribution in [0.4, 0.5) is 8.78 Å². The number of nitrogens with zero attached hydrogens (tertiary/aromatic N) is 3. The highest BCUT2D eigenvalue weighted by atomic mass is 19.1. The molecule has 2 amide bonds. The van der Waals surface area contributed by atoms with Crippen molar-refractivity contribution in [2.75, 3.05) is 13.1 Å². The molecule has 1 aromatic heterocycles. The highest BCUT2D eigenvalue weighted by Gasteiger charge is 2.28. The maximum atomic E-state index is 14.2. The Hall–Kier alpha value is -2.77. The second-order valence-corrected chi connectivity index (χ2v) is 7.34. The van der Waals surface area contributed by atoms with Gasteiger partial charge in [0.1, 0.15) is 11.5 Å². The molecule has 6 nitrogen and oxygen atoms in total. The normalized spacial score (nSPS) is 19.4. The lowest BCUT2D eigenvalue weighted by atomic mass is 9.93. The number of hydrogen-bond donors (Lipinski definition) is 1. The van der Waals surface area contributed by atoms with Crippen molar-refractivity contribution in [3.63, 3.8) is 0 Å². The van der Waals surface area contributed by atoms with Crippen LogP contribution < -0.4 is 5.32 Å². The lowest BCUT2D eigenvalue weighted by Crippen LogP contribution is -2.44. The third-order valence-corrected chi connectivity index (χ3v) is 5.41. The minimum Gasteiger partial charge on any atom is -0.348 e. The minimum absolute atomic E-state index is 0.0188. The van der Waals surface area contributed by atoms with E-state index in [1.165, 1.54) is 16.8 Å². The summed E-state index contributed by atoms with van der Waals surface area (Å²) in [6, 6.07) is 3.17. The molecule has 2 aromatic rings. The first-order chi connectivity index (χ1) is 13.5. The summed E-state index contributed by atoms with van der Waals surface area (Å²) in [4.78, 5) is 26.0. The summed E-state index contributed by atoms with van der Waals surface area (Å²) in [7, 11) is 0. The van der Waals surface area contributed by atoms with Crippen LogP contribution in [0.5, 0.6) is 0 Å². The first-order valence-electron chi connectivity index (χ1n) is 9.62. The lowest BCUT2D eigenvalue weighted by Gasteiger charge is -2.28. The topological polar surface area (TPSA) is 67.2 Å². The first kappa shape index (κ1) is 18.6. The fraction of sp³-hybridized carbons (Fsp3) is 0.450. The SMILES string of the molecule is O=C(CN1CCCCC1=O)N[C@@H]1CCCc2c1cnn2-c1ccc(F)cc1F. The molecule has 4 rings (SSSR count). The van der Waals surface area contributed by atoms with Gasteiger partial charge in [-0.3, -0.25) is 9.59 Å². The second kappa shape index (κ2) is 7.69. The molecule has 1 N–H and O–H groups in total. The second-order valence-electron chi connectivity index (χ2n) is 7.34. The van der Waals surface area contributed by atoms with Crippen LogP contribution >= 0.6 is 0 Å². The fourth-order valence-corrected chi connectivity index (χ4v) is 4.01. The largest absolute Gasteiger partial charge is 0.348 e. The zero-order valence-electron chi connectivity index (χ0n) is 15.5. The molecule has 0 saturated carbocycles. The Labute approximate surface area is 161 Å². The van der Waals surface area contributed by atoms with Gasteiger partial charge in [0.05, 0.1) is 18.8 Å². The van der Waals surface area contributed by atoms with Crippen LogP contribution in [-0.4, -0.2) is 39.6 Å². The number of fused-ring (bicyclic) bond motifs is 1. The van der Waals surface area contributed by atoms with Crippen LogP contribution in [0.2, 0.25) is 0 Å². The monoisotopic (exact) mass is 388 g/mol. The van der Waals surface area contributed by atoms with Gasteiger partial charge in [-0.2, -0.15) is 5.10 Å². The number of carbonyl (C=O) groups excluding carboxylic acids is 2. The van der Waals surface area contributed by atoms with E-state index in [9.17, 15) is 18.4 Å². The molecule has 28 heavy (non-hydrogen) atoms. The van der Waals surface area contributed by atoms with Gasteiger partial charge in [0.15, 0.2) is 5.82 Å². The Balaban J connectivity index is 1.51. The Kier molecular flexibility index (Phi) is 5.11. The number of piperidine rings is 1. The predicted octanol–water partition coefficient (Wildman–Crippen LogP) is 2.66. The summed E-state index contributed by atoms with van der Waals surface area (Å²) >= 11 is 0. The van der Waals surface area contributed by atoms with E-state index in [0.717, 1.165) is 43.0 Å². The number of nitrogens with one attached hydrogen (secondary N) is 1. The molecule has 1 atom stereocenters. The Morgan fingerprint density at radius 1 is 1.21 bits per heavy atom. The lowest BCUT2D eigenvalue weighted by molar-refractivity contribution is -0.138. The molecule has 148 valence electrons. The predicted molar refractivity (Wildman–Crippen MR) is 97.7 cm³/mol. The maximum absolute atomic E-state index is 14.2. The van der Waals surface area contributed by atoms with Gasteiger partial charge in [0.2, 0.25) is 11.8 Å². The van der Waals surface area contributed by atoms with E-state index in [2.05, 4.69) is 10.4 Å². The Morgan fingerprint density at radius 3 is 2.86 bits per heavy atom. The van der Waals surface area contributed by atoms with E-state index in [4.69, 9.17) is 0 Å². The molecule has 2 aliphatic rings. The van der Waals surface area contributed by atoms with Gasteiger partial charge >= 0.3 is 0 Å². The van der Waals surface area contributed by atoms with Gasteiger partial charge in [-0.1, -0.05) is 0 Å².